The van der Waals surface area contributed by atoms with Crippen LogP contribution in [0.5, 0.6) is 0 Å². The number of amides is 2. The first kappa shape index (κ1) is 25.3. The topological polar surface area (TPSA) is 105 Å². The highest BCUT2D eigenvalue weighted by molar-refractivity contribution is 7.92. The Labute approximate surface area is 187 Å². The predicted octanol–water partition coefficient (Wildman–Crippen LogP) is 2.78. The first-order valence-electron chi connectivity index (χ1n) is 10.1. The predicted molar refractivity (Wildman–Crippen MR) is 122 cm³/mol. The van der Waals surface area contributed by atoms with Gasteiger partial charge in [-0.25, -0.2) is 12.8 Å². The van der Waals surface area contributed by atoms with Crippen LogP contribution in [0, 0.1) is 5.82 Å². The second-order valence-electron chi connectivity index (χ2n) is 7.09. The molecule has 2 N–H and O–H groups in total. The molecule has 0 radical (unpaired) electrons. The van der Waals surface area contributed by atoms with Crippen LogP contribution in [0.15, 0.2) is 48.5 Å². The van der Waals surface area contributed by atoms with E-state index in [1.54, 1.807) is 37.4 Å². The van der Waals surface area contributed by atoms with Gasteiger partial charge < -0.3 is 15.4 Å². The maximum Gasteiger partial charge on any atom is 0.253 e. The van der Waals surface area contributed by atoms with Crippen molar-refractivity contribution in [3.63, 3.8) is 0 Å². The van der Waals surface area contributed by atoms with Crippen LogP contribution in [-0.4, -0.2) is 53.3 Å². The molecule has 0 saturated carbocycles. The van der Waals surface area contributed by atoms with E-state index in [1.165, 1.54) is 18.2 Å². The third-order valence-electron chi connectivity index (χ3n) is 4.54. The quantitative estimate of drug-likeness (QED) is 0.469. The third kappa shape index (κ3) is 7.61. The van der Waals surface area contributed by atoms with Crippen molar-refractivity contribution in [1.29, 1.82) is 0 Å². The van der Waals surface area contributed by atoms with E-state index >= 15 is 0 Å². The zero-order valence-electron chi connectivity index (χ0n) is 18.1. The minimum absolute atomic E-state index is 0.00966. The zero-order valence-corrected chi connectivity index (χ0v) is 19.0. The number of hydrogen-bond acceptors (Lipinski definition) is 5. The average molecular weight is 466 g/mol. The first-order valence-corrected chi connectivity index (χ1v) is 12.0. The number of halogens is 1. The van der Waals surface area contributed by atoms with Crippen molar-refractivity contribution in [1.82, 2.24) is 5.32 Å². The van der Waals surface area contributed by atoms with Gasteiger partial charge in [0.15, 0.2) is 0 Å². The van der Waals surface area contributed by atoms with Gasteiger partial charge in [-0.2, -0.15) is 0 Å². The molecule has 0 aromatic heterocycles. The smallest absolute Gasteiger partial charge is 0.253 e. The lowest BCUT2D eigenvalue weighted by Gasteiger charge is -2.22. The van der Waals surface area contributed by atoms with Gasteiger partial charge in [0.2, 0.25) is 15.9 Å². The van der Waals surface area contributed by atoms with Gasteiger partial charge in [0.25, 0.3) is 5.91 Å². The lowest BCUT2D eigenvalue weighted by molar-refractivity contribution is -0.116. The number of nitrogens with zero attached hydrogens (tertiary/aromatic N) is 1. The van der Waals surface area contributed by atoms with E-state index < -0.39 is 15.8 Å². The highest BCUT2D eigenvalue weighted by Crippen LogP contribution is 2.22. The summed E-state index contributed by atoms with van der Waals surface area (Å²) < 4.78 is 44.2. The van der Waals surface area contributed by atoms with E-state index in [9.17, 15) is 22.4 Å². The summed E-state index contributed by atoms with van der Waals surface area (Å²) >= 11 is 0. The number of ether oxygens (including phenoxy) is 1. The van der Waals surface area contributed by atoms with Crippen molar-refractivity contribution in [3.05, 3.63) is 59.9 Å². The second-order valence-corrected chi connectivity index (χ2v) is 8.99. The number of methoxy groups -OCH3 is 1. The maximum absolute atomic E-state index is 14.1. The monoisotopic (exact) mass is 465 g/mol. The Morgan fingerprint density at radius 3 is 2.44 bits per heavy atom. The van der Waals surface area contributed by atoms with Crippen molar-refractivity contribution in [2.24, 2.45) is 0 Å². The Balaban J connectivity index is 1.97. The van der Waals surface area contributed by atoms with E-state index in [1.807, 2.05) is 0 Å². The molecule has 0 heterocycles. The lowest BCUT2D eigenvalue weighted by atomic mass is 10.1. The fraction of sp³-hybridized carbons (Fsp3) is 0.364. The second kappa shape index (κ2) is 12.2. The highest BCUT2D eigenvalue weighted by atomic mass is 32.2. The van der Waals surface area contributed by atoms with Gasteiger partial charge in [-0.1, -0.05) is 24.3 Å². The van der Waals surface area contributed by atoms with Gasteiger partial charge >= 0.3 is 0 Å². The summed E-state index contributed by atoms with van der Waals surface area (Å²) in [4.78, 5) is 24.8. The van der Waals surface area contributed by atoms with Gasteiger partial charge in [-0.3, -0.25) is 13.9 Å². The van der Waals surface area contributed by atoms with Crippen molar-refractivity contribution in [2.45, 2.75) is 19.3 Å². The van der Waals surface area contributed by atoms with Crippen molar-refractivity contribution in [3.8, 4) is 0 Å². The molecule has 10 heteroatoms. The van der Waals surface area contributed by atoms with Crippen LogP contribution in [0.1, 0.15) is 29.6 Å². The fourth-order valence-corrected chi connectivity index (χ4v) is 3.98. The summed E-state index contributed by atoms with van der Waals surface area (Å²) in [6, 6.07) is 12.2. The molecular weight excluding hydrogens is 437 g/mol. The fourth-order valence-electron chi connectivity index (χ4n) is 3.02. The van der Waals surface area contributed by atoms with Crippen LogP contribution in [-0.2, 0) is 19.6 Å². The third-order valence-corrected chi connectivity index (χ3v) is 5.72. The molecular formula is C22H28FN3O5S. The minimum atomic E-state index is -3.73. The minimum Gasteiger partial charge on any atom is -0.385 e. The number of benzene rings is 2. The number of sulfonamides is 1. The first-order chi connectivity index (χ1) is 15.2. The summed E-state index contributed by atoms with van der Waals surface area (Å²) in [7, 11) is -2.15. The molecule has 2 rings (SSSR count). The normalized spacial score (nSPS) is 11.1. The molecule has 0 fully saturated rings. The molecule has 2 aromatic carbocycles. The molecule has 8 nitrogen and oxygen atoms in total. The van der Waals surface area contributed by atoms with E-state index in [4.69, 9.17) is 4.74 Å². The number of nitrogens with one attached hydrogen (secondary N) is 2. The van der Waals surface area contributed by atoms with Crippen molar-refractivity contribution >= 4 is 33.2 Å². The summed E-state index contributed by atoms with van der Waals surface area (Å²) in [5.41, 5.74) is 0.615. The molecule has 0 aliphatic rings. The van der Waals surface area contributed by atoms with Gasteiger partial charge in [0, 0.05) is 33.2 Å². The number of rotatable bonds is 12. The molecule has 32 heavy (non-hydrogen) atoms. The molecule has 0 spiro atoms. The van der Waals surface area contributed by atoms with Crippen LogP contribution in [0.25, 0.3) is 0 Å². The van der Waals surface area contributed by atoms with E-state index in [-0.39, 0.29) is 36.9 Å². The number of hydrogen-bond donors (Lipinski definition) is 2. The summed E-state index contributed by atoms with van der Waals surface area (Å²) in [5, 5.41) is 5.46. The number of carbonyl (C=O) groups is 2. The molecule has 0 bridgehead atoms. The molecule has 0 aliphatic heterocycles. The van der Waals surface area contributed by atoms with Gasteiger partial charge in [-0.15, -0.1) is 0 Å². The Morgan fingerprint density at radius 2 is 1.75 bits per heavy atom. The summed E-state index contributed by atoms with van der Waals surface area (Å²) in [6.07, 6.45) is 1.81. The van der Waals surface area contributed by atoms with Crippen molar-refractivity contribution in [2.75, 3.05) is 42.7 Å². The van der Waals surface area contributed by atoms with Crippen molar-refractivity contribution < 1.29 is 27.1 Å². The Bertz CT molecular complexity index is 1030. The van der Waals surface area contributed by atoms with Crippen LogP contribution in [0.3, 0.4) is 0 Å². The molecule has 174 valence electrons. The Morgan fingerprint density at radius 1 is 1.06 bits per heavy atom. The van der Waals surface area contributed by atoms with Crippen LogP contribution in [0.2, 0.25) is 0 Å². The van der Waals surface area contributed by atoms with Gasteiger partial charge in [-0.05, 0) is 37.1 Å². The summed E-state index contributed by atoms with van der Waals surface area (Å²) in [6.45, 7) is 0.900. The number of anilines is 2. The molecule has 0 atom stereocenters. The maximum atomic E-state index is 14.1. The molecule has 2 aromatic rings. The van der Waals surface area contributed by atoms with Gasteiger partial charge in [0.05, 0.1) is 23.2 Å². The number of carbonyl (C=O) groups excluding carboxylic acids is 2. The van der Waals surface area contributed by atoms with Crippen LogP contribution in [0.4, 0.5) is 15.8 Å². The Kier molecular flexibility index (Phi) is 9.61. The lowest BCUT2D eigenvalue weighted by Crippen LogP contribution is -2.32. The summed E-state index contributed by atoms with van der Waals surface area (Å²) in [5.74, 6) is -1.36. The van der Waals surface area contributed by atoms with Gasteiger partial charge in [0.1, 0.15) is 5.82 Å². The Hall–Kier alpha value is -2.98. The van der Waals surface area contributed by atoms with E-state index in [2.05, 4.69) is 10.6 Å². The number of para-hydroxylation sites is 2. The highest BCUT2D eigenvalue weighted by Gasteiger charge is 2.21. The largest absolute Gasteiger partial charge is 0.385 e. The van der Waals surface area contributed by atoms with Crippen LogP contribution < -0.4 is 14.9 Å². The van der Waals surface area contributed by atoms with E-state index in [0.29, 0.717) is 30.8 Å². The SMILES string of the molecule is COCCCNC(=O)c1ccccc1NC(=O)CCCN(c1ccccc1F)S(C)(=O)=O. The van der Waals surface area contributed by atoms with Crippen LogP contribution >= 0.6 is 0 Å². The molecule has 0 saturated heterocycles. The molecule has 0 aliphatic carbocycles. The zero-order chi connectivity index (χ0) is 23.6. The molecule has 2 amide bonds. The molecule has 0 unspecified atom stereocenters. The average Bonchev–Trinajstić information content (AvgIpc) is 2.74. The van der Waals surface area contributed by atoms with E-state index in [0.717, 1.165) is 10.6 Å². The standard InChI is InChI=1S/C22H28FN3O5S/c1-31-16-8-14-24-22(28)17-9-3-5-11-19(17)25-21(27)13-7-15-26(32(2,29)30)20-12-6-4-10-18(20)23/h3-6,9-12H,7-8,13-16H2,1-2H3,(H,24,28)(H,25,27).